The lowest BCUT2D eigenvalue weighted by atomic mass is 10.0. The molecule has 0 spiro atoms. The Hall–Kier alpha value is -3.72. The van der Waals surface area contributed by atoms with Gasteiger partial charge in [0.15, 0.2) is 0 Å². The number of carbonyl (C=O) groups is 2. The number of benzene rings is 3. The van der Waals surface area contributed by atoms with E-state index in [2.05, 4.69) is 5.32 Å². The van der Waals surface area contributed by atoms with Gasteiger partial charge in [0, 0.05) is 19.0 Å². The molecule has 0 aromatic heterocycles. The molecular formula is C31H38FN3O4S. The molecule has 7 nitrogen and oxygen atoms in total. The first-order valence-corrected chi connectivity index (χ1v) is 15.2. The van der Waals surface area contributed by atoms with Crippen LogP contribution in [0.1, 0.15) is 42.5 Å². The van der Waals surface area contributed by atoms with Crippen LogP contribution in [-0.4, -0.2) is 50.0 Å². The van der Waals surface area contributed by atoms with Crippen LogP contribution < -0.4 is 9.62 Å². The molecule has 0 bridgehead atoms. The van der Waals surface area contributed by atoms with Crippen LogP contribution in [0, 0.1) is 19.7 Å². The van der Waals surface area contributed by atoms with Gasteiger partial charge in [0.25, 0.3) is 0 Å². The Labute approximate surface area is 237 Å². The lowest BCUT2D eigenvalue weighted by molar-refractivity contribution is -0.140. The molecule has 3 aromatic rings. The van der Waals surface area contributed by atoms with Gasteiger partial charge in [-0.2, -0.15) is 0 Å². The van der Waals surface area contributed by atoms with E-state index in [1.165, 1.54) is 17.0 Å². The van der Waals surface area contributed by atoms with Crippen molar-refractivity contribution in [1.29, 1.82) is 0 Å². The smallest absolute Gasteiger partial charge is 0.244 e. The van der Waals surface area contributed by atoms with Crippen molar-refractivity contribution in [1.82, 2.24) is 10.2 Å². The molecule has 3 rings (SSSR count). The minimum atomic E-state index is -3.85. The highest BCUT2D eigenvalue weighted by molar-refractivity contribution is 7.92. The predicted molar refractivity (Wildman–Crippen MR) is 157 cm³/mol. The fraction of sp³-hybridized carbons (Fsp3) is 0.355. The second kappa shape index (κ2) is 13.6. The number of sulfonamides is 1. The maximum absolute atomic E-state index is 14.1. The highest BCUT2D eigenvalue weighted by Crippen LogP contribution is 2.23. The van der Waals surface area contributed by atoms with Gasteiger partial charge in [0.1, 0.15) is 18.4 Å². The Morgan fingerprint density at radius 1 is 0.925 bits per heavy atom. The maximum Gasteiger partial charge on any atom is 0.244 e. The van der Waals surface area contributed by atoms with Crippen LogP contribution in [0.3, 0.4) is 0 Å². The fourth-order valence-electron chi connectivity index (χ4n) is 4.49. The Kier molecular flexibility index (Phi) is 10.5. The Morgan fingerprint density at radius 3 is 2.08 bits per heavy atom. The molecule has 0 aliphatic carbocycles. The van der Waals surface area contributed by atoms with Crippen molar-refractivity contribution in [2.45, 2.75) is 59.2 Å². The SMILES string of the molecule is CC[C@H](C)NC(=O)[C@H](Cc1ccccc1)N(Cc1ccc(F)cc1)C(=O)CN(c1cc(C)cc(C)c1)S(C)(=O)=O. The van der Waals surface area contributed by atoms with Crippen LogP contribution in [0.2, 0.25) is 0 Å². The van der Waals surface area contributed by atoms with Crippen LogP contribution in [-0.2, 0) is 32.6 Å². The quantitative estimate of drug-likeness (QED) is 0.342. The summed E-state index contributed by atoms with van der Waals surface area (Å²) in [7, 11) is -3.85. The van der Waals surface area contributed by atoms with Gasteiger partial charge in [-0.05, 0) is 73.7 Å². The summed E-state index contributed by atoms with van der Waals surface area (Å²) in [6.07, 6.45) is 1.97. The average molecular weight is 568 g/mol. The molecule has 0 radical (unpaired) electrons. The van der Waals surface area contributed by atoms with Gasteiger partial charge < -0.3 is 10.2 Å². The van der Waals surface area contributed by atoms with Crippen molar-refractivity contribution in [2.24, 2.45) is 0 Å². The zero-order valence-corrected chi connectivity index (χ0v) is 24.5. The van der Waals surface area contributed by atoms with Crippen LogP contribution in [0.25, 0.3) is 0 Å². The summed E-state index contributed by atoms with van der Waals surface area (Å²) in [5.41, 5.74) is 3.54. The molecule has 214 valence electrons. The molecule has 9 heteroatoms. The fourth-order valence-corrected chi connectivity index (χ4v) is 5.32. The molecule has 0 heterocycles. The predicted octanol–water partition coefficient (Wildman–Crippen LogP) is 4.76. The third kappa shape index (κ3) is 8.64. The molecule has 0 unspecified atom stereocenters. The summed E-state index contributed by atoms with van der Waals surface area (Å²) in [5.74, 6) is -1.31. The Bertz CT molecular complexity index is 1390. The van der Waals surface area contributed by atoms with Crippen LogP contribution in [0.15, 0.2) is 72.8 Å². The van der Waals surface area contributed by atoms with E-state index in [0.29, 0.717) is 17.7 Å². The minimum absolute atomic E-state index is 0.00497. The van der Waals surface area contributed by atoms with Gasteiger partial charge in [-0.3, -0.25) is 13.9 Å². The van der Waals surface area contributed by atoms with Crippen molar-refractivity contribution in [3.63, 3.8) is 0 Å². The van der Waals surface area contributed by atoms with Crippen molar-refractivity contribution in [3.05, 3.63) is 101 Å². The van der Waals surface area contributed by atoms with E-state index in [1.807, 2.05) is 64.1 Å². The minimum Gasteiger partial charge on any atom is -0.352 e. The standard InChI is InChI=1S/C31H38FN3O4S/c1-6-24(4)33-31(37)29(19-25-10-8-7-9-11-25)34(20-26-12-14-27(32)15-13-26)30(36)21-35(40(5,38)39)28-17-22(2)16-23(3)18-28/h7-18,24,29H,6,19-21H2,1-5H3,(H,33,37)/t24-,29-/m0/s1. The summed E-state index contributed by atoms with van der Waals surface area (Å²) in [5, 5.41) is 2.99. The van der Waals surface area contributed by atoms with Crippen molar-refractivity contribution in [2.75, 3.05) is 17.1 Å². The van der Waals surface area contributed by atoms with Crippen LogP contribution in [0.5, 0.6) is 0 Å². The van der Waals surface area contributed by atoms with Crippen molar-refractivity contribution in [3.8, 4) is 0 Å². The first-order chi connectivity index (χ1) is 18.9. The molecule has 3 aromatic carbocycles. The normalized spacial score (nSPS) is 12.8. The Morgan fingerprint density at radius 2 is 1.52 bits per heavy atom. The summed E-state index contributed by atoms with van der Waals surface area (Å²) in [6.45, 7) is 7.05. The third-order valence-electron chi connectivity index (χ3n) is 6.71. The lowest BCUT2D eigenvalue weighted by Gasteiger charge is -2.34. The molecule has 0 saturated heterocycles. The first-order valence-electron chi connectivity index (χ1n) is 13.3. The van der Waals surface area contributed by atoms with Gasteiger partial charge >= 0.3 is 0 Å². The summed E-state index contributed by atoms with van der Waals surface area (Å²) < 4.78 is 40.6. The second-order valence-electron chi connectivity index (χ2n) is 10.3. The largest absolute Gasteiger partial charge is 0.352 e. The zero-order chi connectivity index (χ0) is 29.4. The summed E-state index contributed by atoms with van der Waals surface area (Å²) in [6, 6.07) is 19.3. The van der Waals surface area contributed by atoms with Gasteiger partial charge in [-0.1, -0.05) is 55.5 Å². The maximum atomic E-state index is 14.1. The van der Waals surface area contributed by atoms with Gasteiger partial charge in [-0.25, -0.2) is 12.8 Å². The third-order valence-corrected chi connectivity index (χ3v) is 7.85. The number of rotatable bonds is 12. The van der Waals surface area contributed by atoms with E-state index >= 15 is 0 Å². The van der Waals surface area contributed by atoms with Crippen LogP contribution in [0.4, 0.5) is 10.1 Å². The van der Waals surface area contributed by atoms with Gasteiger partial charge in [-0.15, -0.1) is 0 Å². The monoisotopic (exact) mass is 567 g/mol. The average Bonchev–Trinajstić information content (AvgIpc) is 2.89. The highest BCUT2D eigenvalue weighted by atomic mass is 32.2. The van der Waals surface area contributed by atoms with E-state index in [4.69, 9.17) is 0 Å². The number of halogens is 1. The number of hydrogen-bond acceptors (Lipinski definition) is 4. The molecule has 0 aliphatic heterocycles. The summed E-state index contributed by atoms with van der Waals surface area (Å²) in [4.78, 5) is 29.1. The van der Waals surface area contributed by atoms with Gasteiger partial charge in [0.2, 0.25) is 21.8 Å². The number of carbonyl (C=O) groups excluding carboxylic acids is 2. The van der Waals surface area contributed by atoms with Gasteiger partial charge in [0.05, 0.1) is 11.9 Å². The number of amides is 2. The van der Waals surface area contributed by atoms with E-state index in [1.54, 1.807) is 24.3 Å². The molecule has 2 amide bonds. The number of nitrogens with zero attached hydrogens (tertiary/aromatic N) is 2. The van der Waals surface area contributed by atoms with Crippen molar-refractivity contribution < 1.29 is 22.4 Å². The van der Waals surface area contributed by atoms with Crippen molar-refractivity contribution >= 4 is 27.5 Å². The first kappa shape index (κ1) is 30.8. The van der Waals surface area contributed by atoms with E-state index in [0.717, 1.165) is 27.3 Å². The number of aryl methyl sites for hydroxylation is 2. The molecule has 0 saturated carbocycles. The molecular weight excluding hydrogens is 529 g/mol. The molecule has 1 N–H and O–H groups in total. The molecule has 40 heavy (non-hydrogen) atoms. The second-order valence-corrected chi connectivity index (χ2v) is 12.2. The molecule has 0 fully saturated rings. The lowest BCUT2D eigenvalue weighted by Crippen LogP contribution is -2.54. The van der Waals surface area contributed by atoms with E-state index < -0.39 is 34.3 Å². The number of anilines is 1. The summed E-state index contributed by atoms with van der Waals surface area (Å²) >= 11 is 0. The topological polar surface area (TPSA) is 86.8 Å². The van der Waals surface area contributed by atoms with E-state index in [9.17, 15) is 22.4 Å². The van der Waals surface area contributed by atoms with Crippen LogP contribution >= 0.6 is 0 Å². The highest BCUT2D eigenvalue weighted by Gasteiger charge is 2.33. The number of nitrogens with one attached hydrogen (secondary N) is 1. The zero-order valence-electron chi connectivity index (χ0n) is 23.7. The molecule has 2 atom stereocenters. The number of hydrogen-bond donors (Lipinski definition) is 1. The van der Waals surface area contributed by atoms with E-state index in [-0.39, 0.29) is 24.9 Å². The molecule has 0 aliphatic rings. The Balaban J connectivity index is 2.07.